The highest BCUT2D eigenvalue weighted by molar-refractivity contribution is 7.89. The number of hydrogen-bond donors (Lipinski definition) is 3. The molecule has 3 saturated heterocycles. The molecule has 0 aliphatic carbocycles. The van der Waals surface area contributed by atoms with Gasteiger partial charge in [0.25, 0.3) is 5.91 Å². The van der Waals surface area contributed by atoms with Gasteiger partial charge in [-0.25, -0.2) is 23.0 Å². The van der Waals surface area contributed by atoms with E-state index in [-0.39, 0.29) is 38.0 Å². The van der Waals surface area contributed by atoms with Crippen LogP contribution in [0, 0.1) is 12.3 Å². The van der Waals surface area contributed by atoms with E-state index in [0.717, 1.165) is 11.1 Å². The standard InChI is InChI=1S/C25H38N4O7S/c1-18-14-19(15-26)2-3-22(18)20-4-9-29(10-5-20)37(33,34)17-25(23(30)27-32)7-11-28(12-8-25)24(31)36-21-6-13-35-16-21/h2-3,14,20-21,32H,4-13,15-17,26H2,1H3,(H,27,30). The van der Waals surface area contributed by atoms with Crippen molar-refractivity contribution in [1.82, 2.24) is 14.7 Å². The first-order valence-corrected chi connectivity index (χ1v) is 14.5. The Morgan fingerprint density at radius 2 is 1.89 bits per heavy atom. The van der Waals surface area contributed by atoms with Crippen molar-refractivity contribution in [3.63, 3.8) is 0 Å². The molecule has 0 spiro atoms. The molecular formula is C25H38N4O7S. The first kappa shape index (κ1) is 27.8. The molecule has 206 valence electrons. The van der Waals surface area contributed by atoms with Crippen LogP contribution in [0.25, 0.3) is 0 Å². The Labute approximate surface area is 218 Å². The molecular weight excluding hydrogens is 500 g/mol. The smallest absolute Gasteiger partial charge is 0.410 e. The average molecular weight is 539 g/mol. The molecule has 4 N–H and O–H groups in total. The molecule has 0 bridgehead atoms. The number of likely N-dealkylation sites (tertiary alicyclic amines) is 1. The van der Waals surface area contributed by atoms with Crippen LogP contribution in [0.5, 0.6) is 0 Å². The Kier molecular flexibility index (Phi) is 8.74. The van der Waals surface area contributed by atoms with Crippen molar-refractivity contribution < 1.29 is 32.7 Å². The summed E-state index contributed by atoms with van der Waals surface area (Å²) in [4.78, 5) is 26.7. The molecule has 3 aliphatic rings. The quantitative estimate of drug-likeness (QED) is 0.349. The Balaban J connectivity index is 1.37. The van der Waals surface area contributed by atoms with Gasteiger partial charge < -0.3 is 20.1 Å². The van der Waals surface area contributed by atoms with Gasteiger partial charge in [0, 0.05) is 39.1 Å². The van der Waals surface area contributed by atoms with Crippen LogP contribution in [0.1, 0.15) is 54.7 Å². The lowest BCUT2D eigenvalue weighted by molar-refractivity contribution is -0.141. The predicted octanol–water partition coefficient (Wildman–Crippen LogP) is 1.48. The second-order valence-electron chi connectivity index (χ2n) is 10.4. The molecule has 11 nitrogen and oxygen atoms in total. The number of ether oxygens (including phenoxy) is 2. The van der Waals surface area contributed by atoms with Gasteiger partial charge in [0.05, 0.1) is 24.4 Å². The average Bonchev–Trinajstić information content (AvgIpc) is 3.41. The summed E-state index contributed by atoms with van der Waals surface area (Å²) >= 11 is 0. The minimum absolute atomic E-state index is 0.109. The van der Waals surface area contributed by atoms with E-state index in [4.69, 9.17) is 15.2 Å². The van der Waals surface area contributed by atoms with Gasteiger partial charge in [0.15, 0.2) is 0 Å². The lowest BCUT2D eigenvalue weighted by Gasteiger charge is -2.41. The van der Waals surface area contributed by atoms with Gasteiger partial charge in [-0.1, -0.05) is 18.2 Å². The van der Waals surface area contributed by atoms with Gasteiger partial charge in [-0.3, -0.25) is 10.0 Å². The highest BCUT2D eigenvalue weighted by atomic mass is 32.2. The van der Waals surface area contributed by atoms with Crippen LogP contribution in [-0.4, -0.2) is 86.1 Å². The van der Waals surface area contributed by atoms with E-state index in [0.29, 0.717) is 52.1 Å². The molecule has 12 heteroatoms. The summed E-state index contributed by atoms with van der Waals surface area (Å²) in [5.41, 5.74) is 9.53. The summed E-state index contributed by atoms with van der Waals surface area (Å²) in [5, 5.41) is 9.41. The summed E-state index contributed by atoms with van der Waals surface area (Å²) in [5.74, 6) is -0.896. The zero-order valence-corrected chi connectivity index (χ0v) is 22.2. The van der Waals surface area contributed by atoms with Gasteiger partial charge >= 0.3 is 6.09 Å². The number of carbonyl (C=O) groups is 2. The van der Waals surface area contributed by atoms with Gasteiger partial charge in [0.1, 0.15) is 6.10 Å². The molecule has 3 fully saturated rings. The minimum Gasteiger partial charge on any atom is -0.444 e. The minimum atomic E-state index is -3.79. The molecule has 0 radical (unpaired) electrons. The largest absolute Gasteiger partial charge is 0.444 e. The fourth-order valence-corrected chi connectivity index (χ4v) is 7.77. The van der Waals surface area contributed by atoms with Crippen LogP contribution in [0.2, 0.25) is 0 Å². The number of carbonyl (C=O) groups excluding carboxylic acids is 2. The third-order valence-electron chi connectivity index (χ3n) is 8.03. The molecule has 1 atom stereocenters. The van der Waals surface area contributed by atoms with E-state index >= 15 is 0 Å². The van der Waals surface area contributed by atoms with Crippen LogP contribution < -0.4 is 11.2 Å². The monoisotopic (exact) mass is 538 g/mol. The molecule has 37 heavy (non-hydrogen) atoms. The maximum absolute atomic E-state index is 13.4. The summed E-state index contributed by atoms with van der Waals surface area (Å²) in [6.07, 6.45) is 1.45. The number of nitrogens with one attached hydrogen (secondary N) is 1. The van der Waals surface area contributed by atoms with Gasteiger partial charge in [0.2, 0.25) is 10.0 Å². The lowest BCUT2D eigenvalue weighted by atomic mass is 9.79. The number of piperidine rings is 2. The maximum atomic E-state index is 13.4. The summed E-state index contributed by atoms with van der Waals surface area (Å²) < 4.78 is 39.0. The van der Waals surface area contributed by atoms with E-state index in [1.165, 1.54) is 14.8 Å². The second kappa shape index (κ2) is 11.6. The molecule has 2 amide bonds. The Morgan fingerprint density at radius 3 is 2.46 bits per heavy atom. The molecule has 1 aromatic carbocycles. The van der Waals surface area contributed by atoms with Crippen molar-refractivity contribution in [3.05, 3.63) is 34.9 Å². The number of hydrogen-bond acceptors (Lipinski definition) is 8. The molecule has 4 rings (SSSR count). The van der Waals surface area contributed by atoms with E-state index in [1.807, 2.05) is 6.07 Å². The number of amides is 2. The SMILES string of the molecule is Cc1cc(CN)ccc1C1CCN(S(=O)(=O)CC2(C(=O)NO)CCN(C(=O)OC3CCOC3)CC2)CC1. The second-order valence-corrected chi connectivity index (χ2v) is 12.4. The van der Waals surface area contributed by atoms with Crippen LogP contribution >= 0.6 is 0 Å². The van der Waals surface area contributed by atoms with Gasteiger partial charge in [-0.05, 0) is 55.2 Å². The van der Waals surface area contributed by atoms with Crippen molar-refractivity contribution in [3.8, 4) is 0 Å². The summed E-state index contributed by atoms with van der Waals surface area (Å²) in [6.45, 7) is 4.50. The zero-order chi connectivity index (χ0) is 26.6. The van der Waals surface area contributed by atoms with Gasteiger partial charge in [-0.15, -0.1) is 0 Å². The molecule has 0 saturated carbocycles. The van der Waals surface area contributed by atoms with Crippen LogP contribution in [0.4, 0.5) is 4.79 Å². The normalized spacial score (nSPS) is 23.1. The van der Waals surface area contributed by atoms with Crippen molar-refractivity contribution in [2.24, 2.45) is 11.1 Å². The number of nitrogens with two attached hydrogens (primary N) is 1. The fourth-order valence-electron chi connectivity index (χ4n) is 5.70. The van der Waals surface area contributed by atoms with Crippen LogP contribution in [0.15, 0.2) is 18.2 Å². The first-order valence-electron chi connectivity index (χ1n) is 12.9. The molecule has 0 aromatic heterocycles. The molecule has 3 aliphatic heterocycles. The summed E-state index contributed by atoms with van der Waals surface area (Å²) in [7, 11) is -3.79. The summed E-state index contributed by atoms with van der Waals surface area (Å²) in [6, 6.07) is 6.19. The zero-order valence-electron chi connectivity index (χ0n) is 21.4. The Morgan fingerprint density at radius 1 is 1.19 bits per heavy atom. The third kappa shape index (κ3) is 6.26. The highest BCUT2D eigenvalue weighted by Crippen LogP contribution is 2.37. The number of nitrogens with zero attached hydrogens (tertiary/aromatic N) is 2. The van der Waals surface area contributed by atoms with Crippen molar-refractivity contribution >= 4 is 22.0 Å². The highest BCUT2D eigenvalue weighted by Gasteiger charge is 2.47. The fraction of sp³-hybridized carbons (Fsp3) is 0.680. The van der Waals surface area contributed by atoms with E-state index < -0.39 is 33.2 Å². The number of benzene rings is 1. The third-order valence-corrected chi connectivity index (χ3v) is 10.1. The number of aryl methyl sites for hydroxylation is 1. The first-order chi connectivity index (χ1) is 17.7. The van der Waals surface area contributed by atoms with Crippen molar-refractivity contribution in [2.75, 3.05) is 45.1 Å². The van der Waals surface area contributed by atoms with E-state index in [2.05, 4.69) is 19.1 Å². The Bertz CT molecular complexity index is 1070. The number of rotatable bonds is 7. The van der Waals surface area contributed by atoms with E-state index in [1.54, 1.807) is 5.48 Å². The number of hydroxylamine groups is 1. The van der Waals surface area contributed by atoms with Crippen molar-refractivity contribution in [1.29, 1.82) is 0 Å². The van der Waals surface area contributed by atoms with Crippen LogP contribution in [0.3, 0.4) is 0 Å². The topological polar surface area (TPSA) is 151 Å². The molecule has 3 heterocycles. The van der Waals surface area contributed by atoms with Crippen LogP contribution in [-0.2, 0) is 30.8 Å². The molecule has 1 unspecified atom stereocenters. The lowest BCUT2D eigenvalue weighted by Crippen LogP contribution is -2.55. The van der Waals surface area contributed by atoms with E-state index in [9.17, 15) is 23.2 Å². The molecule has 1 aromatic rings. The predicted molar refractivity (Wildman–Crippen MR) is 135 cm³/mol. The Hall–Kier alpha value is -2.25. The maximum Gasteiger partial charge on any atom is 0.410 e. The van der Waals surface area contributed by atoms with Crippen molar-refractivity contribution in [2.45, 2.75) is 57.6 Å². The van der Waals surface area contributed by atoms with Gasteiger partial charge in [-0.2, -0.15) is 0 Å². The number of sulfonamides is 1.